The monoisotopic (exact) mass is 435 g/mol. The van der Waals surface area contributed by atoms with Crippen molar-refractivity contribution in [3.05, 3.63) is 18.3 Å². The van der Waals surface area contributed by atoms with Gasteiger partial charge in [-0.05, 0) is 57.4 Å². The number of piperidine rings is 1. The van der Waals surface area contributed by atoms with Gasteiger partial charge in [-0.3, -0.25) is 4.90 Å². The average Bonchev–Trinajstić information content (AvgIpc) is 3.03. The van der Waals surface area contributed by atoms with Crippen molar-refractivity contribution in [1.29, 1.82) is 0 Å². The van der Waals surface area contributed by atoms with Crippen LogP contribution in [-0.4, -0.2) is 74.1 Å². The van der Waals surface area contributed by atoms with E-state index in [-0.39, 0.29) is 11.0 Å². The first kappa shape index (κ1) is 20.7. The topological polar surface area (TPSA) is 72.0 Å². The molecule has 1 unspecified atom stereocenters. The van der Waals surface area contributed by atoms with Gasteiger partial charge in [0.05, 0.1) is 25.5 Å². The van der Waals surface area contributed by atoms with E-state index in [9.17, 15) is 8.42 Å². The summed E-state index contributed by atoms with van der Waals surface area (Å²) in [6, 6.07) is 3.93. The van der Waals surface area contributed by atoms with Crippen molar-refractivity contribution in [1.82, 2.24) is 14.2 Å². The Morgan fingerprint density at radius 3 is 2.43 bits per heavy atom. The minimum absolute atomic E-state index is 0.0114. The SMILES string of the molecule is CC(C)Oc1ccc(S(=O)(=O)N2CCC3(CCC(N4CC5(COC5)C4)C3)CC2)cn1. The highest BCUT2D eigenvalue weighted by molar-refractivity contribution is 7.89. The predicted octanol–water partition coefficient (Wildman–Crippen LogP) is 2.52. The maximum absolute atomic E-state index is 13.1. The van der Waals surface area contributed by atoms with Gasteiger partial charge in [-0.25, -0.2) is 13.4 Å². The number of sulfonamides is 1. The van der Waals surface area contributed by atoms with Crippen LogP contribution in [0.4, 0.5) is 0 Å². The van der Waals surface area contributed by atoms with E-state index in [0.29, 0.717) is 35.8 Å². The number of pyridine rings is 1. The summed E-state index contributed by atoms with van der Waals surface area (Å²) in [4.78, 5) is 7.08. The van der Waals surface area contributed by atoms with Gasteiger partial charge in [-0.2, -0.15) is 4.31 Å². The molecule has 4 heterocycles. The van der Waals surface area contributed by atoms with Crippen LogP contribution in [0.3, 0.4) is 0 Å². The molecule has 3 aliphatic heterocycles. The van der Waals surface area contributed by atoms with Gasteiger partial charge in [0.1, 0.15) is 4.90 Å². The number of hydrogen-bond acceptors (Lipinski definition) is 6. The second-order valence-corrected chi connectivity index (χ2v) is 12.1. The van der Waals surface area contributed by atoms with Crippen molar-refractivity contribution >= 4 is 10.0 Å². The molecule has 1 atom stereocenters. The summed E-state index contributed by atoms with van der Waals surface area (Å²) in [7, 11) is -3.50. The molecule has 4 fully saturated rings. The molecule has 5 rings (SSSR count). The fraction of sp³-hybridized carbons (Fsp3) is 0.773. The molecule has 0 aromatic carbocycles. The van der Waals surface area contributed by atoms with Crippen molar-refractivity contribution in [3.8, 4) is 5.88 Å². The Morgan fingerprint density at radius 2 is 1.87 bits per heavy atom. The standard InChI is InChI=1S/C22H33N3O4S/c1-17(2)29-20-4-3-19(12-23-20)30(26,27)25-9-7-21(8-10-25)6-5-18(11-21)24-13-22(14-24)15-28-16-22/h3-4,12,17-18H,5-11,13-16H2,1-2H3. The Kier molecular flexibility index (Phi) is 5.12. The van der Waals surface area contributed by atoms with Crippen molar-refractivity contribution in [2.75, 3.05) is 39.4 Å². The first-order valence-corrected chi connectivity index (χ1v) is 12.7. The van der Waals surface area contributed by atoms with E-state index in [1.54, 1.807) is 16.4 Å². The molecule has 0 radical (unpaired) electrons. The molecule has 0 amide bonds. The molecule has 30 heavy (non-hydrogen) atoms. The van der Waals surface area contributed by atoms with Gasteiger partial charge in [0.15, 0.2) is 0 Å². The summed E-state index contributed by atoms with van der Waals surface area (Å²) in [5.41, 5.74) is 0.791. The van der Waals surface area contributed by atoms with Crippen LogP contribution >= 0.6 is 0 Å². The molecule has 4 aliphatic rings. The first-order valence-electron chi connectivity index (χ1n) is 11.2. The summed E-state index contributed by atoms with van der Waals surface area (Å²) in [5.74, 6) is 0.458. The maximum atomic E-state index is 13.1. The van der Waals surface area contributed by atoms with Gasteiger partial charge in [-0.1, -0.05) is 0 Å². The Bertz CT molecular complexity index is 866. The van der Waals surface area contributed by atoms with Crippen LogP contribution in [0.5, 0.6) is 5.88 Å². The van der Waals surface area contributed by atoms with Crippen LogP contribution in [0.2, 0.25) is 0 Å². The van der Waals surface area contributed by atoms with Gasteiger partial charge in [-0.15, -0.1) is 0 Å². The smallest absolute Gasteiger partial charge is 0.244 e. The molecule has 0 bridgehead atoms. The highest BCUT2D eigenvalue weighted by atomic mass is 32.2. The van der Waals surface area contributed by atoms with E-state index >= 15 is 0 Å². The van der Waals surface area contributed by atoms with Crippen molar-refractivity contribution in [2.45, 2.75) is 63.0 Å². The minimum atomic E-state index is -3.50. The zero-order valence-electron chi connectivity index (χ0n) is 18.0. The Balaban J connectivity index is 1.17. The van der Waals surface area contributed by atoms with E-state index < -0.39 is 10.0 Å². The summed E-state index contributed by atoms with van der Waals surface area (Å²) in [5, 5.41) is 0. The molecule has 1 aromatic rings. The first-order chi connectivity index (χ1) is 14.3. The van der Waals surface area contributed by atoms with Crippen molar-refractivity contribution < 1.29 is 17.9 Å². The molecule has 8 heteroatoms. The zero-order valence-corrected chi connectivity index (χ0v) is 18.9. The third kappa shape index (κ3) is 3.66. The number of hydrogen-bond donors (Lipinski definition) is 0. The lowest BCUT2D eigenvalue weighted by Gasteiger charge is -2.57. The fourth-order valence-electron chi connectivity index (χ4n) is 5.77. The third-order valence-corrected chi connectivity index (χ3v) is 9.46. The van der Waals surface area contributed by atoms with Crippen LogP contribution in [0.25, 0.3) is 0 Å². The fourth-order valence-corrected chi connectivity index (χ4v) is 7.16. The van der Waals surface area contributed by atoms with Crippen LogP contribution in [0.15, 0.2) is 23.2 Å². The van der Waals surface area contributed by atoms with Crippen molar-refractivity contribution in [2.24, 2.45) is 10.8 Å². The highest BCUT2D eigenvalue weighted by Crippen LogP contribution is 2.51. The van der Waals surface area contributed by atoms with Crippen LogP contribution in [0, 0.1) is 10.8 Å². The summed E-state index contributed by atoms with van der Waals surface area (Å²) in [6.07, 6.45) is 7.07. The summed E-state index contributed by atoms with van der Waals surface area (Å²) < 4.78 is 38.8. The molecule has 0 N–H and O–H groups in total. The lowest BCUT2D eigenvalue weighted by molar-refractivity contribution is -0.198. The molecular weight excluding hydrogens is 402 g/mol. The van der Waals surface area contributed by atoms with Crippen LogP contribution in [0.1, 0.15) is 46.0 Å². The molecule has 2 spiro atoms. The number of nitrogens with zero attached hydrogens (tertiary/aromatic N) is 3. The molecule has 3 saturated heterocycles. The normalized spacial score (nSPS) is 28.6. The Morgan fingerprint density at radius 1 is 1.13 bits per heavy atom. The number of likely N-dealkylation sites (tertiary alicyclic amines) is 1. The lowest BCUT2D eigenvalue weighted by Crippen LogP contribution is -2.67. The second kappa shape index (κ2) is 7.43. The van der Waals surface area contributed by atoms with Gasteiger partial charge in [0.25, 0.3) is 0 Å². The van der Waals surface area contributed by atoms with Crippen LogP contribution in [-0.2, 0) is 14.8 Å². The van der Waals surface area contributed by atoms with Gasteiger partial charge < -0.3 is 9.47 Å². The van der Waals surface area contributed by atoms with Crippen LogP contribution < -0.4 is 4.74 Å². The lowest BCUT2D eigenvalue weighted by atomic mass is 9.75. The predicted molar refractivity (Wildman–Crippen MR) is 113 cm³/mol. The maximum Gasteiger partial charge on any atom is 0.244 e. The summed E-state index contributed by atoms with van der Waals surface area (Å²) in [6.45, 7) is 9.32. The van der Waals surface area contributed by atoms with E-state index in [1.165, 1.54) is 38.5 Å². The van der Waals surface area contributed by atoms with Gasteiger partial charge in [0, 0.05) is 43.7 Å². The molecule has 7 nitrogen and oxygen atoms in total. The molecule has 1 aromatic heterocycles. The van der Waals surface area contributed by atoms with E-state index in [2.05, 4.69) is 9.88 Å². The minimum Gasteiger partial charge on any atom is -0.475 e. The Hall–Kier alpha value is -1.22. The average molecular weight is 436 g/mol. The van der Waals surface area contributed by atoms with Gasteiger partial charge >= 0.3 is 0 Å². The Labute approximate surface area is 179 Å². The van der Waals surface area contributed by atoms with Crippen molar-refractivity contribution in [3.63, 3.8) is 0 Å². The highest BCUT2D eigenvalue weighted by Gasteiger charge is 2.53. The largest absolute Gasteiger partial charge is 0.475 e. The zero-order chi connectivity index (χ0) is 21.0. The number of aromatic nitrogens is 1. The van der Waals surface area contributed by atoms with E-state index in [4.69, 9.17) is 9.47 Å². The second-order valence-electron chi connectivity index (χ2n) is 10.2. The number of ether oxygens (including phenoxy) is 2. The number of rotatable bonds is 5. The third-order valence-electron chi connectivity index (χ3n) is 7.57. The molecule has 1 aliphatic carbocycles. The quantitative estimate of drug-likeness (QED) is 0.708. The van der Waals surface area contributed by atoms with Gasteiger partial charge in [0.2, 0.25) is 15.9 Å². The molecule has 1 saturated carbocycles. The molecule has 166 valence electrons. The van der Waals surface area contributed by atoms with E-state index in [0.717, 1.165) is 26.1 Å². The summed E-state index contributed by atoms with van der Waals surface area (Å²) >= 11 is 0. The molecular formula is C22H33N3O4S. The van der Waals surface area contributed by atoms with E-state index in [1.807, 2.05) is 13.8 Å².